The third kappa shape index (κ3) is 6.05. The van der Waals surface area contributed by atoms with Gasteiger partial charge in [0.2, 0.25) is 11.8 Å². The van der Waals surface area contributed by atoms with Gasteiger partial charge in [-0.3, -0.25) is 14.4 Å². The van der Waals surface area contributed by atoms with Crippen molar-refractivity contribution in [1.82, 2.24) is 5.32 Å². The lowest BCUT2D eigenvalue weighted by atomic mass is 10.1. The Kier molecular flexibility index (Phi) is 6.81. The number of carbonyl (C=O) groups excluding carboxylic acids is 3. The van der Waals surface area contributed by atoms with Crippen LogP contribution in [0.5, 0.6) is 0 Å². The molecule has 1 fully saturated rings. The summed E-state index contributed by atoms with van der Waals surface area (Å²) in [6.07, 6.45) is -4.19. The molecule has 6 nitrogen and oxygen atoms in total. The molecule has 2 atom stereocenters. The Morgan fingerprint density at radius 2 is 1.69 bits per heavy atom. The zero-order valence-corrected chi connectivity index (χ0v) is 17.1. The number of alkyl halides is 3. The van der Waals surface area contributed by atoms with Crippen molar-refractivity contribution in [3.05, 3.63) is 59.4 Å². The lowest BCUT2D eigenvalue weighted by molar-refractivity contribution is -0.137. The van der Waals surface area contributed by atoms with Crippen LogP contribution in [0.4, 0.5) is 28.9 Å². The van der Waals surface area contributed by atoms with Gasteiger partial charge in [-0.1, -0.05) is 6.92 Å². The highest BCUT2D eigenvalue weighted by Crippen LogP contribution is 2.38. The van der Waals surface area contributed by atoms with E-state index in [0.29, 0.717) is 12.0 Å². The minimum atomic E-state index is -4.80. The van der Waals surface area contributed by atoms with Gasteiger partial charge >= 0.3 is 6.18 Å². The summed E-state index contributed by atoms with van der Waals surface area (Å²) >= 11 is 0. The Labute approximate surface area is 181 Å². The van der Waals surface area contributed by atoms with Crippen molar-refractivity contribution in [2.24, 2.45) is 11.8 Å². The van der Waals surface area contributed by atoms with Crippen molar-refractivity contribution >= 4 is 29.1 Å². The third-order valence-electron chi connectivity index (χ3n) is 5.06. The van der Waals surface area contributed by atoms with Gasteiger partial charge in [0.25, 0.3) is 5.91 Å². The van der Waals surface area contributed by atoms with E-state index in [9.17, 15) is 31.9 Å². The monoisotopic (exact) mass is 451 g/mol. The molecule has 2 unspecified atom stereocenters. The molecule has 3 rings (SSSR count). The molecule has 0 bridgehead atoms. The van der Waals surface area contributed by atoms with Crippen LogP contribution in [0, 0.1) is 17.7 Å². The molecule has 0 aromatic heterocycles. The number of amides is 3. The van der Waals surface area contributed by atoms with Crippen LogP contribution in [-0.2, 0) is 15.8 Å². The maximum atomic E-state index is 13.5. The molecule has 0 radical (unpaired) electrons. The van der Waals surface area contributed by atoms with Crippen molar-refractivity contribution in [3.63, 3.8) is 0 Å². The molecule has 0 spiro atoms. The minimum absolute atomic E-state index is 0.0149. The van der Waals surface area contributed by atoms with E-state index >= 15 is 0 Å². The predicted octanol–water partition coefficient (Wildman–Crippen LogP) is 4.20. The van der Waals surface area contributed by atoms with Gasteiger partial charge in [0.15, 0.2) is 0 Å². The zero-order chi connectivity index (χ0) is 23.5. The van der Waals surface area contributed by atoms with Gasteiger partial charge in [-0.15, -0.1) is 0 Å². The lowest BCUT2D eigenvalue weighted by Gasteiger charge is -2.16. The minimum Gasteiger partial charge on any atom is -0.355 e. The van der Waals surface area contributed by atoms with Crippen LogP contribution in [0.1, 0.15) is 35.7 Å². The van der Waals surface area contributed by atoms with Gasteiger partial charge in [-0.25, -0.2) is 4.39 Å². The fourth-order valence-corrected chi connectivity index (χ4v) is 3.10. The number of hydrogen-bond donors (Lipinski definition) is 3. The van der Waals surface area contributed by atoms with Crippen LogP contribution >= 0.6 is 0 Å². The molecule has 0 heterocycles. The lowest BCUT2D eigenvalue weighted by Crippen LogP contribution is -2.29. The molecule has 32 heavy (non-hydrogen) atoms. The largest absolute Gasteiger partial charge is 0.418 e. The van der Waals surface area contributed by atoms with Crippen LogP contribution < -0.4 is 16.0 Å². The molecule has 10 heteroatoms. The van der Waals surface area contributed by atoms with E-state index in [4.69, 9.17) is 0 Å². The number of hydrogen-bond acceptors (Lipinski definition) is 3. The average molecular weight is 451 g/mol. The number of halogens is 4. The summed E-state index contributed by atoms with van der Waals surface area (Å²) < 4.78 is 53.5. The van der Waals surface area contributed by atoms with Crippen LogP contribution in [0.2, 0.25) is 0 Å². The van der Waals surface area contributed by atoms with E-state index in [-0.39, 0.29) is 36.0 Å². The number of rotatable bonds is 7. The number of benzene rings is 2. The quantitative estimate of drug-likeness (QED) is 0.552. The van der Waals surface area contributed by atoms with Crippen molar-refractivity contribution in [2.75, 3.05) is 17.2 Å². The molecular formula is C22H21F4N3O3. The second-order valence-corrected chi connectivity index (χ2v) is 7.63. The third-order valence-corrected chi connectivity index (χ3v) is 5.06. The van der Waals surface area contributed by atoms with Gasteiger partial charge in [0.05, 0.1) is 11.3 Å². The number of nitrogens with one attached hydrogen (secondary N) is 3. The average Bonchev–Trinajstić information content (AvgIpc) is 3.45. The van der Waals surface area contributed by atoms with Crippen molar-refractivity contribution < 1.29 is 31.9 Å². The summed E-state index contributed by atoms with van der Waals surface area (Å²) in [6.45, 7) is 1.95. The summed E-state index contributed by atoms with van der Waals surface area (Å²) in [5.41, 5.74) is -1.68. The van der Waals surface area contributed by atoms with Crippen molar-refractivity contribution in [2.45, 2.75) is 25.9 Å². The van der Waals surface area contributed by atoms with Crippen molar-refractivity contribution in [1.29, 1.82) is 0 Å². The molecule has 1 aliphatic carbocycles. The Morgan fingerprint density at radius 3 is 2.28 bits per heavy atom. The summed E-state index contributed by atoms with van der Waals surface area (Å²) in [5, 5.41) is 7.11. The van der Waals surface area contributed by atoms with Crippen LogP contribution in [0.3, 0.4) is 0 Å². The SMILES string of the molecule is CC1CC1C(=O)NCCC(=O)Nc1ccc(NC(=O)c2ccc(F)cc2)cc1C(F)(F)F. The first-order valence-electron chi connectivity index (χ1n) is 9.90. The Balaban J connectivity index is 1.64. The first-order chi connectivity index (χ1) is 15.0. The number of anilines is 2. The van der Waals surface area contributed by atoms with E-state index in [1.807, 2.05) is 6.92 Å². The number of carbonyl (C=O) groups is 3. The van der Waals surface area contributed by atoms with E-state index < -0.39 is 35.1 Å². The highest BCUT2D eigenvalue weighted by atomic mass is 19.4. The molecule has 1 saturated carbocycles. The second kappa shape index (κ2) is 9.37. The zero-order valence-electron chi connectivity index (χ0n) is 17.1. The molecule has 3 amide bonds. The highest BCUT2D eigenvalue weighted by molar-refractivity contribution is 6.04. The maximum Gasteiger partial charge on any atom is 0.418 e. The maximum absolute atomic E-state index is 13.5. The fourth-order valence-electron chi connectivity index (χ4n) is 3.10. The van der Waals surface area contributed by atoms with E-state index in [1.165, 1.54) is 18.2 Å². The van der Waals surface area contributed by atoms with Gasteiger partial charge in [-0.05, 0) is 54.8 Å². The first kappa shape index (κ1) is 23.2. The Bertz CT molecular complexity index is 1020. The van der Waals surface area contributed by atoms with Crippen LogP contribution in [-0.4, -0.2) is 24.3 Å². The molecule has 0 aliphatic heterocycles. The van der Waals surface area contributed by atoms with E-state index in [0.717, 1.165) is 24.6 Å². The summed E-state index contributed by atoms with van der Waals surface area (Å²) in [5.74, 6) is -1.88. The van der Waals surface area contributed by atoms with Crippen molar-refractivity contribution in [3.8, 4) is 0 Å². The standard InChI is InChI=1S/C22H21F4N3O3/c1-12-10-16(12)21(32)27-9-8-19(30)29-18-7-6-15(11-17(18)22(24,25)26)28-20(31)13-2-4-14(23)5-3-13/h2-7,11-12,16H,8-10H2,1H3,(H,27,32)(H,28,31)(H,29,30). The van der Waals surface area contributed by atoms with E-state index in [1.54, 1.807) is 0 Å². The smallest absolute Gasteiger partial charge is 0.355 e. The molecule has 2 aromatic carbocycles. The molecule has 2 aromatic rings. The second-order valence-electron chi connectivity index (χ2n) is 7.63. The summed E-state index contributed by atoms with van der Waals surface area (Å²) in [7, 11) is 0. The van der Waals surface area contributed by atoms with Crippen LogP contribution in [0.15, 0.2) is 42.5 Å². The Hall–Kier alpha value is -3.43. The normalized spacial score (nSPS) is 17.4. The van der Waals surface area contributed by atoms with Gasteiger partial charge in [0, 0.05) is 30.1 Å². The first-order valence-corrected chi connectivity index (χ1v) is 9.90. The van der Waals surface area contributed by atoms with Gasteiger partial charge < -0.3 is 16.0 Å². The van der Waals surface area contributed by atoms with E-state index in [2.05, 4.69) is 16.0 Å². The molecular weight excluding hydrogens is 430 g/mol. The molecule has 0 saturated heterocycles. The molecule has 170 valence electrons. The topological polar surface area (TPSA) is 87.3 Å². The summed E-state index contributed by atoms with van der Waals surface area (Å²) in [6, 6.07) is 7.46. The molecule has 1 aliphatic rings. The predicted molar refractivity (Wildman–Crippen MR) is 109 cm³/mol. The molecule has 3 N–H and O–H groups in total. The summed E-state index contributed by atoms with van der Waals surface area (Å²) in [4.78, 5) is 36.0. The highest BCUT2D eigenvalue weighted by Gasteiger charge is 2.39. The van der Waals surface area contributed by atoms with Gasteiger partial charge in [0.1, 0.15) is 5.82 Å². The van der Waals surface area contributed by atoms with Gasteiger partial charge in [-0.2, -0.15) is 13.2 Å². The fraction of sp³-hybridized carbons (Fsp3) is 0.318. The Morgan fingerprint density at radius 1 is 1.03 bits per heavy atom. The van der Waals surface area contributed by atoms with Crippen LogP contribution in [0.25, 0.3) is 0 Å².